The van der Waals surface area contributed by atoms with Gasteiger partial charge in [-0.2, -0.15) is 13.2 Å². The van der Waals surface area contributed by atoms with E-state index < -0.39 is 23.4 Å². The SMILES string of the molecule is O=C(CCc1ncc(-c2c(F)cccc2F)o1)N1CCCc2cc(C(F)(F)F)ccc21. The Bertz CT molecular complexity index is 1100. The van der Waals surface area contributed by atoms with Gasteiger partial charge < -0.3 is 9.32 Å². The van der Waals surface area contributed by atoms with Crippen LogP contribution in [0.4, 0.5) is 27.6 Å². The molecule has 162 valence electrons. The molecule has 0 spiro atoms. The van der Waals surface area contributed by atoms with E-state index in [1.54, 1.807) is 0 Å². The normalized spacial score (nSPS) is 13.9. The Labute approximate surface area is 174 Å². The Morgan fingerprint density at radius 1 is 1.13 bits per heavy atom. The summed E-state index contributed by atoms with van der Waals surface area (Å²) in [6.07, 6.45) is -2.17. The van der Waals surface area contributed by atoms with Crippen LogP contribution >= 0.6 is 0 Å². The average molecular weight is 436 g/mol. The molecule has 0 saturated heterocycles. The van der Waals surface area contributed by atoms with Gasteiger partial charge in [0.2, 0.25) is 5.91 Å². The molecule has 2 aromatic carbocycles. The zero-order valence-electron chi connectivity index (χ0n) is 16.2. The quantitative estimate of drug-likeness (QED) is 0.504. The Morgan fingerprint density at radius 2 is 1.87 bits per heavy atom. The highest BCUT2D eigenvalue weighted by molar-refractivity contribution is 5.94. The molecule has 0 saturated carbocycles. The fraction of sp³-hybridized carbons (Fsp3) is 0.273. The Kier molecular flexibility index (Phi) is 5.51. The van der Waals surface area contributed by atoms with Gasteiger partial charge in [-0.3, -0.25) is 4.79 Å². The molecule has 1 amide bonds. The maximum Gasteiger partial charge on any atom is 0.416 e. The van der Waals surface area contributed by atoms with Crippen molar-refractivity contribution in [1.29, 1.82) is 0 Å². The van der Waals surface area contributed by atoms with E-state index in [9.17, 15) is 26.7 Å². The van der Waals surface area contributed by atoms with Crippen molar-refractivity contribution in [2.24, 2.45) is 0 Å². The van der Waals surface area contributed by atoms with E-state index in [1.807, 2.05) is 0 Å². The third-order valence-electron chi connectivity index (χ3n) is 5.14. The number of amides is 1. The molecule has 0 unspecified atom stereocenters. The number of alkyl halides is 3. The third-order valence-corrected chi connectivity index (χ3v) is 5.14. The van der Waals surface area contributed by atoms with Gasteiger partial charge in [-0.1, -0.05) is 6.07 Å². The molecule has 0 radical (unpaired) electrons. The minimum atomic E-state index is -4.44. The Hall–Kier alpha value is -3.23. The molecule has 0 N–H and O–H groups in total. The molecular formula is C22H17F5N2O2. The second-order valence-electron chi connectivity index (χ2n) is 7.21. The first-order valence-corrected chi connectivity index (χ1v) is 9.63. The number of oxazole rings is 1. The van der Waals surface area contributed by atoms with Gasteiger partial charge in [-0.15, -0.1) is 0 Å². The summed E-state index contributed by atoms with van der Waals surface area (Å²) in [6.45, 7) is 0.397. The highest BCUT2D eigenvalue weighted by Crippen LogP contribution is 2.35. The lowest BCUT2D eigenvalue weighted by molar-refractivity contribution is -0.137. The van der Waals surface area contributed by atoms with E-state index in [2.05, 4.69) is 4.98 Å². The maximum atomic E-state index is 13.9. The number of hydrogen-bond acceptors (Lipinski definition) is 3. The molecule has 31 heavy (non-hydrogen) atoms. The molecule has 0 aliphatic carbocycles. The second kappa shape index (κ2) is 8.13. The van der Waals surface area contributed by atoms with Crippen molar-refractivity contribution in [3.8, 4) is 11.3 Å². The lowest BCUT2D eigenvalue weighted by Crippen LogP contribution is -2.35. The molecule has 9 heteroatoms. The van der Waals surface area contributed by atoms with Gasteiger partial charge in [0.15, 0.2) is 11.7 Å². The average Bonchev–Trinajstić information content (AvgIpc) is 3.19. The van der Waals surface area contributed by atoms with Crippen LogP contribution in [0.1, 0.15) is 29.9 Å². The van der Waals surface area contributed by atoms with Crippen molar-refractivity contribution in [3.63, 3.8) is 0 Å². The first-order valence-electron chi connectivity index (χ1n) is 9.63. The van der Waals surface area contributed by atoms with Gasteiger partial charge in [-0.05, 0) is 48.7 Å². The minimum Gasteiger partial charge on any atom is -0.441 e. The summed E-state index contributed by atoms with van der Waals surface area (Å²) in [7, 11) is 0. The first kappa shape index (κ1) is 21.0. The monoisotopic (exact) mass is 436 g/mol. The standard InChI is InChI=1S/C22H17F5N2O2/c23-15-4-1-5-16(24)21(15)18-12-28-19(31-18)8-9-20(30)29-10-2-3-13-11-14(22(25,26)27)6-7-17(13)29/h1,4-7,11-12H,2-3,8-10H2. The van der Waals surface area contributed by atoms with Gasteiger partial charge in [0.05, 0.1) is 17.3 Å². The molecule has 0 fully saturated rings. The molecule has 1 aliphatic rings. The topological polar surface area (TPSA) is 46.3 Å². The summed E-state index contributed by atoms with van der Waals surface area (Å²) >= 11 is 0. The van der Waals surface area contributed by atoms with Crippen molar-refractivity contribution in [2.45, 2.75) is 31.9 Å². The number of aromatic nitrogens is 1. The minimum absolute atomic E-state index is 0.0137. The molecule has 1 aliphatic heterocycles. The molecule has 4 rings (SSSR count). The van der Waals surface area contributed by atoms with Crippen LogP contribution in [0, 0.1) is 11.6 Å². The lowest BCUT2D eigenvalue weighted by Gasteiger charge is -2.30. The summed E-state index contributed by atoms with van der Waals surface area (Å²) < 4.78 is 72.0. The van der Waals surface area contributed by atoms with E-state index in [0.717, 1.165) is 24.3 Å². The molecule has 3 aromatic rings. The van der Waals surface area contributed by atoms with Crippen LogP contribution in [0.3, 0.4) is 0 Å². The first-order chi connectivity index (χ1) is 14.7. The number of halogens is 5. The number of hydrogen-bond donors (Lipinski definition) is 0. The van der Waals surface area contributed by atoms with Crippen LogP contribution in [-0.2, 0) is 23.8 Å². The zero-order valence-corrected chi connectivity index (χ0v) is 16.2. The zero-order chi connectivity index (χ0) is 22.2. The highest BCUT2D eigenvalue weighted by Gasteiger charge is 2.32. The largest absolute Gasteiger partial charge is 0.441 e. The molecular weight excluding hydrogens is 419 g/mol. The van der Waals surface area contributed by atoms with Gasteiger partial charge in [0, 0.05) is 25.1 Å². The number of carbonyl (C=O) groups is 1. The van der Waals surface area contributed by atoms with Crippen molar-refractivity contribution < 1.29 is 31.2 Å². The van der Waals surface area contributed by atoms with E-state index in [-0.39, 0.29) is 36.0 Å². The highest BCUT2D eigenvalue weighted by atomic mass is 19.4. The van der Waals surface area contributed by atoms with Crippen LogP contribution in [0.5, 0.6) is 0 Å². The Morgan fingerprint density at radius 3 is 2.58 bits per heavy atom. The van der Waals surface area contributed by atoms with E-state index in [4.69, 9.17) is 4.42 Å². The van der Waals surface area contributed by atoms with Gasteiger partial charge >= 0.3 is 6.18 Å². The van der Waals surface area contributed by atoms with Crippen LogP contribution in [0.2, 0.25) is 0 Å². The van der Waals surface area contributed by atoms with E-state index >= 15 is 0 Å². The van der Waals surface area contributed by atoms with E-state index in [0.29, 0.717) is 30.6 Å². The van der Waals surface area contributed by atoms with Crippen LogP contribution < -0.4 is 4.90 Å². The van der Waals surface area contributed by atoms with Gasteiger partial charge in [0.1, 0.15) is 11.6 Å². The molecule has 0 bridgehead atoms. The summed E-state index contributed by atoms with van der Waals surface area (Å²) in [4.78, 5) is 18.2. The third kappa shape index (κ3) is 4.30. The van der Waals surface area contributed by atoms with Crippen molar-refractivity contribution in [3.05, 3.63) is 71.2 Å². The number of aryl methyl sites for hydroxylation is 2. The van der Waals surface area contributed by atoms with Crippen molar-refractivity contribution in [1.82, 2.24) is 4.98 Å². The molecule has 4 nitrogen and oxygen atoms in total. The van der Waals surface area contributed by atoms with Crippen LogP contribution in [-0.4, -0.2) is 17.4 Å². The summed E-state index contributed by atoms with van der Waals surface area (Å²) in [5, 5.41) is 0. The number of fused-ring (bicyclic) bond motifs is 1. The van der Waals surface area contributed by atoms with Gasteiger partial charge in [-0.25, -0.2) is 13.8 Å². The second-order valence-corrected chi connectivity index (χ2v) is 7.21. The molecule has 1 aromatic heterocycles. The Balaban J connectivity index is 1.47. The number of benzene rings is 2. The summed E-state index contributed by atoms with van der Waals surface area (Å²) in [5.74, 6) is -1.82. The smallest absolute Gasteiger partial charge is 0.416 e. The summed E-state index contributed by atoms with van der Waals surface area (Å²) in [5.41, 5.74) is -0.139. The van der Waals surface area contributed by atoms with Gasteiger partial charge in [0.25, 0.3) is 0 Å². The number of nitrogens with zero attached hydrogens (tertiary/aromatic N) is 2. The van der Waals surface area contributed by atoms with Crippen LogP contribution in [0.15, 0.2) is 47.0 Å². The predicted octanol–water partition coefficient (Wildman–Crippen LogP) is 5.55. The number of anilines is 1. The fourth-order valence-electron chi connectivity index (χ4n) is 3.66. The van der Waals surface area contributed by atoms with Crippen LogP contribution in [0.25, 0.3) is 11.3 Å². The molecule has 0 atom stereocenters. The summed E-state index contributed by atoms with van der Waals surface area (Å²) in [6, 6.07) is 6.80. The maximum absolute atomic E-state index is 13.9. The fourth-order valence-corrected chi connectivity index (χ4v) is 3.66. The molecule has 2 heterocycles. The van der Waals surface area contributed by atoms with E-state index in [1.165, 1.54) is 23.2 Å². The van der Waals surface area contributed by atoms with Crippen molar-refractivity contribution >= 4 is 11.6 Å². The van der Waals surface area contributed by atoms with Crippen molar-refractivity contribution in [2.75, 3.05) is 11.4 Å². The lowest BCUT2D eigenvalue weighted by atomic mass is 9.98. The number of carbonyl (C=O) groups excluding carboxylic acids is 1. The predicted molar refractivity (Wildman–Crippen MR) is 102 cm³/mol. The number of rotatable bonds is 4.